The number of hydrogen-bond acceptors (Lipinski definition) is 3. The van der Waals surface area contributed by atoms with Gasteiger partial charge in [0.05, 0.1) is 27.9 Å². The molecule has 1 heterocycles. The summed E-state index contributed by atoms with van der Waals surface area (Å²) in [6.45, 7) is 1.58. The zero-order chi connectivity index (χ0) is 22.6. The topological polar surface area (TPSA) is 45.1 Å². The molecule has 0 saturated carbocycles. The van der Waals surface area contributed by atoms with E-state index in [0.717, 1.165) is 17.7 Å². The molecule has 0 amide bonds. The van der Waals surface area contributed by atoms with Crippen molar-refractivity contribution in [1.29, 1.82) is 0 Å². The minimum Gasteiger partial charge on any atom is -0.392 e. The minimum atomic E-state index is -4.73. The number of aliphatic hydroxyl groups excluding tert-OH is 1. The van der Waals surface area contributed by atoms with E-state index in [1.165, 1.54) is 6.20 Å². The average molecular weight is 453 g/mol. The van der Waals surface area contributed by atoms with Crippen LogP contribution in [0.3, 0.4) is 0 Å². The Labute approximate surface area is 182 Å². The smallest absolute Gasteiger partial charge is 0.392 e. The van der Waals surface area contributed by atoms with Gasteiger partial charge in [-0.15, -0.1) is 0 Å². The van der Waals surface area contributed by atoms with Crippen LogP contribution in [0.15, 0.2) is 66.9 Å². The fourth-order valence-corrected chi connectivity index (χ4v) is 3.56. The number of nitrogens with zero attached hydrogens (tertiary/aromatic N) is 1. The van der Waals surface area contributed by atoms with E-state index in [2.05, 4.69) is 10.3 Å². The number of benzene rings is 2. The summed E-state index contributed by atoms with van der Waals surface area (Å²) in [5.41, 5.74) is -1.28. The van der Waals surface area contributed by atoms with Crippen LogP contribution in [0.4, 0.5) is 17.6 Å². The van der Waals surface area contributed by atoms with Gasteiger partial charge in [-0.1, -0.05) is 41.9 Å². The number of hydrogen-bond donors (Lipinski definition) is 2. The van der Waals surface area contributed by atoms with Crippen LogP contribution in [0.5, 0.6) is 0 Å². The Bertz CT molecular complexity index is 1010. The number of aliphatic hydroxyl groups is 1. The van der Waals surface area contributed by atoms with E-state index >= 15 is 0 Å². The molecule has 8 heteroatoms. The number of aromatic nitrogens is 1. The van der Waals surface area contributed by atoms with Gasteiger partial charge in [-0.25, -0.2) is 4.39 Å². The third-order valence-corrected chi connectivity index (χ3v) is 5.12. The SMILES string of the molecule is CC(O)CN[C@@](Cc1ccccc1)(c1cc(F)cc(C(F)(F)F)c1)c1ccc(Cl)cn1. The summed E-state index contributed by atoms with van der Waals surface area (Å²) in [7, 11) is 0. The molecule has 2 N–H and O–H groups in total. The zero-order valence-corrected chi connectivity index (χ0v) is 17.4. The molecule has 1 aromatic heterocycles. The van der Waals surface area contributed by atoms with Crippen LogP contribution in [-0.4, -0.2) is 22.7 Å². The van der Waals surface area contributed by atoms with Gasteiger partial charge in [-0.2, -0.15) is 13.2 Å². The van der Waals surface area contributed by atoms with E-state index in [9.17, 15) is 22.7 Å². The van der Waals surface area contributed by atoms with Gasteiger partial charge in [0.25, 0.3) is 0 Å². The minimum absolute atomic E-state index is 0.0367. The van der Waals surface area contributed by atoms with Crippen molar-refractivity contribution in [3.05, 3.63) is 100 Å². The monoisotopic (exact) mass is 452 g/mol. The summed E-state index contributed by atoms with van der Waals surface area (Å²) in [4.78, 5) is 4.34. The molecular weight excluding hydrogens is 432 g/mol. The van der Waals surface area contributed by atoms with Gasteiger partial charge in [0.2, 0.25) is 0 Å². The Kier molecular flexibility index (Phi) is 6.99. The van der Waals surface area contributed by atoms with Crippen LogP contribution in [-0.2, 0) is 18.1 Å². The lowest BCUT2D eigenvalue weighted by molar-refractivity contribution is -0.137. The second-order valence-electron chi connectivity index (χ2n) is 7.39. The Morgan fingerprint density at radius 2 is 1.71 bits per heavy atom. The van der Waals surface area contributed by atoms with E-state index in [1.54, 1.807) is 31.2 Å². The summed E-state index contributed by atoms with van der Waals surface area (Å²) in [6, 6.07) is 14.6. The Morgan fingerprint density at radius 1 is 1.03 bits per heavy atom. The van der Waals surface area contributed by atoms with Crippen molar-refractivity contribution in [3.63, 3.8) is 0 Å². The van der Waals surface area contributed by atoms with Crippen molar-refractivity contribution in [2.75, 3.05) is 6.54 Å². The second-order valence-corrected chi connectivity index (χ2v) is 7.82. The lowest BCUT2D eigenvalue weighted by Crippen LogP contribution is -2.48. The Morgan fingerprint density at radius 3 is 2.29 bits per heavy atom. The first kappa shape index (κ1) is 23.2. The molecule has 3 rings (SSSR count). The number of halogens is 5. The van der Waals surface area contributed by atoms with Crippen LogP contribution < -0.4 is 5.32 Å². The standard InChI is InChI=1S/C23H21ClF4N2O/c1-15(31)13-30-22(12-16-5-3-2-4-6-16,21-8-7-19(24)14-29-21)17-9-18(23(26,27)28)11-20(25)10-17/h2-11,14-15,30-31H,12-13H2,1H3/t15?,22-/m0/s1. The zero-order valence-electron chi connectivity index (χ0n) is 16.6. The van der Waals surface area contributed by atoms with Crippen LogP contribution in [0.2, 0.25) is 5.02 Å². The molecule has 164 valence electrons. The highest BCUT2D eigenvalue weighted by atomic mass is 35.5. The molecular formula is C23H21ClF4N2O. The molecule has 2 aromatic carbocycles. The van der Waals surface area contributed by atoms with E-state index in [-0.39, 0.29) is 18.5 Å². The molecule has 1 unspecified atom stereocenters. The summed E-state index contributed by atoms with van der Waals surface area (Å²) >= 11 is 5.97. The lowest BCUT2D eigenvalue weighted by Gasteiger charge is -2.36. The molecule has 0 radical (unpaired) electrons. The highest BCUT2D eigenvalue weighted by molar-refractivity contribution is 6.30. The van der Waals surface area contributed by atoms with Gasteiger partial charge >= 0.3 is 6.18 Å². The van der Waals surface area contributed by atoms with Gasteiger partial charge < -0.3 is 5.11 Å². The van der Waals surface area contributed by atoms with E-state index in [1.807, 2.05) is 18.2 Å². The molecule has 0 aliphatic rings. The van der Waals surface area contributed by atoms with Crippen molar-refractivity contribution >= 4 is 11.6 Å². The second kappa shape index (κ2) is 9.34. The van der Waals surface area contributed by atoms with E-state index < -0.39 is 29.2 Å². The van der Waals surface area contributed by atoms with Crippen molar-refractivity contribution in [1.82, 2.24) is 10.3 Å². The maximum atomic E-state index is 14.4. The molecule has 3 aromatic rings. The first-order valence-electron chi connectivity index (χ1n) is 9.57. The third kappa shape index (κ3) is 5.61. The largest absolute Gasteiger partial charge is 0.416 e. The molecule has 0 saturated heterocycles. The predicted molar refractivity (Wildman–Crippen MR) is 111 cm³/mol. The maximum absolute atomic E-state index is 14.4. The third-order valence-electron chi connectivity index (χ3n) is 4.89. The van der Waals surface area contributed by atoms with E-state index in [0.29, 0.717) is 16.8 Å². The quantitative estimate of drug-likeness (QED) is 0.475. The van der Waals surface area contributed by atoms with Crippen LogP contribution in [0.1, 0.15) is 29.3 Å². The van der Waals surface area contributed by atoms with Crippen molar-refractivity contribution < 1.29 is 22.7 Å². The van der Waals surface area contributed by atoms with Crippen LogP contribution >= 0.6 is 11.6 Å². The summed E-state index contributed by atoms with van der Waals surface area (Å²) in [6.07, 6.45) is -3.99. The van der Waals surface area contributed by atoms with Crippen molar-refractivity contribution in [2.45, 2.75) is 31.2 Å². The highest BCUT2D eigenvalue weighted by Crippen LogP contribution is 2.37. The highest BCUT2D eigenvalue weighted by Gasteiger charge is 2.39. The molecule has 31 heavy (non-hydrogen) atoms. The fraction of sp³-hybridized carbons (Fsp3) is 0.261. The molecule has 0 fully saturated rings. The van der Waals surface area contributed by atoms with Crippen LogP contribution in [0, 0.1) is 5.82 Å². The van der Waals surface area contributed by atoms with Crippen molar-refractivity contribution in [3.8, 4) is 0 Å². The number of rotatable bonds is 7. The molecule has 2 atom stereocenters. The normalized spacial score (nSPS) is 14.8. The van der Waals surface area contributed by atoms with Gasteiger partial charge in [-0.05, 0) is 48.4 Å². The Hall–Kier alpha value is -2.48. The van der Waals surface area contributed by atoms with Gasteiger partial charge in [0.15, 0.2) is 0 Å². The molecule has 0 aliphatic carbocycles. The first-order valence-corrected chi connectivity index (χ1v) is 9.95. The number of alkyl halides is 3. The van der Waals surface area contributed by atoms with Gasteiger partial charge in [0, 0.05) is 19.2 Å². The van der Waals surface area contributed by atoms with Crippen LogP contribution in [0.25, 0.3) is 0 Å². The molecule has 0 spiro atoms. The molecule has 0 aliphatic heterocycles. The summed E-state index contributed by atoms with van der Waals surface area (Å²) in [5, 5.41) is 13.4. The first-order chi connectivity index (χ1) is 14.6. The van der Waals surface area contributed by atoms with E-state index in [4.69, 9.17) is 11.6 Å². The lowest BCUT2D eigenvalue weighted by atomic mass is 9.79. The Balaban J connectivity index is 2.27. The number of nitrogens with one attached hydrogen (secondary N) is 1. The number of pyridine rings is 1. The van der Waals surface area contributed by atoms with Gasteiger partial charge in [-0.3, -0.25) is 10.3 Å². The summed E-state index contributed by atoms with van der Waals surface area (Å²) < 4.78 is 54.8. The van der Waals surface area contributed by atoms with Crippen molar-refractivity contribution in [2.24, 2.45) is 0 Å². The molecule has 3 nitrogen and oxygen atoms in total. The average Bonchev–Trinajstić information content (AvgIpc) is 2.71. The molecule has 0 bridgehead atoms. The maximum Gasteiger partial charge on any atom is 0.416 e. The predicted octanol–water partition coefficient (Wildman–Crippen LogP) is 5.35. The van der Waals surface area contributed by atoms with Gasteiger partial charge in [0.1, 0.15) is 5.82 Å². The summed E-state index contributed by atoms with van der Waals surface area (Å²) in [5.74, 6) is -1.02. The fourth-order valence-electron chi connectivity index (χ4n) is 3.45.